The topological polar surface area (TPSA) is 81.1 Å². The number of aliphatic hydroxyl groups excluding tert-OH is 1. The number of hydrogen-bond donors (Lipinski definition) is 2. The van der Waals surface area contributed by atoms with Gasteiger partial charge in [-0.2, -0.15) is 0 Å². The van der Waals surface area contributed by atoms with E-state index in [2.05, 4.69) is 0 Å². The lowest BCUT2D eigenvalue weighted by molar-refractivity contribution is -0.138. The van der Waals surface area contributed by atoms with Gasteiger partial charge in [-0.1, -0.05) is 0 Å². The molecule has 2 N–H and O–H groups in total. The zero-order valence-corrected chi connectivity index (χ0v) is 12.5. The largest absolute Gasteiger partial charge is 0.481 e. The van der Waals surface area contributed by atoms with E-state index in [-0.39, 0.29) is 31.1 Å². The fourth-order valence-electron chi connectivity index (χ4n) is 3.55. The number of carbonyl (C=O) groups excluding carboxylic acids is 1. The van der Waals surface area contributed by atoms with Crippen LogP contribution in [0.4, 0.5) is 4.79 Å². The lowest BCUT2D eigenvalue weighted by Gasteiger charge is -2.39. The SMILES string of the molecule is O=C(O)CC1CCCCN1C(=O)N1CCCC1CCCO. The van der Waals surface area contributed by atoms with E-state index >= 15 is 0 Å². The summed E-state index contributed by atoms with van der Waals surface area (Å²) >= 11 is 0. The van der Waals surface area contributed by atoms with E-state index < -0.39 is 5.97 Å². The molecule has 2 unspecified atom stereocenters. The molecule has 2 atom stereocenters. The van der Waals surface area contributed by atoms with Gasteiger partial charge in [-0.15, -0.1) is 0 Å². The normalized spacial score (nSPS) is 26.1. The van der Waals surface area contributed by atoms with E-state index in [1.165, 1.54) is 0 Å². The first-order valence-electron chi connectivity index (χ1n) is 8.03. The van der Waals surface area contributed by atoms with Gasteiger partial charge in [0, 0.05) is 31.8 Å². The number of urea groups is 1. The number of rotatable bonds is 5. The molecule has 0 saturated carbocycles. The first kappa shape index (κ1) is 16.1. The standard InChI is InChI=1S/C15H26N2O4/c18-10-4-7-12-6-3-9-16(12)15(21)17-8-2-1-5-13(17)11-14(19)20/h12-13,18H,1-11H2,(H,19,20). The Hall–Kier alpha value is -1.30. The zero-order valence-electron chi connectivity index (χ0n) is 12.5. The van der Waals surface area contributed by atoms with Gasteiger partial charge in [-0.25, -0.2) is 4.79 Å². The number of carboxylic acids is 1. The van der Waals surface area contributed by atoms with Crippen LogP contribution in [0.25, 0.3) is 0 Å². The Balaban J connectivity index is 2.00. The van der Waals surface area contributed by atoms with Gasteiger partial charge in [0.05, 0.1) is 6.42 Å². The smallest absolute Gasteiger partial charge is 0.320 e. The highest BCUT2D eigenvalue weighted by atomic mass is 16.4. The van der Waals surface area contributed by atoms with Crippen molar-refractivity contribution in [3.05, 3.63) is 0 Å². The Labute approximate surface area is 125 Å². The average Bonchev–Trinajstić information content (AvgIpc) is 2.92. The van der Waals surface area contributed by atoms with E-state index in [1.54, 1.807) is 4.90 Å². The van der Waals surface area contributed by atoms with Gasteiger partial charge in [0.1, 0.15) is 0 Å². The van der Waals surface area contributed by atoms with Gasteiger partial charge in [0.25, 0.3) is 0 Å². The minimum absolute atomic E-state index is 0.00129. The number of nitrogens with zero attached hydrogens (tertiary/aromatic N) is 2. The van der Waals surface area contributed by atoms with Crippen molar-refractivity contribution in [3.8, 4) is 0 Å². The molecule has 2 rings (SSSR count). The summed E-state index contributed by atoms with van der Waals surface area (Å²) in [5.74, 6) is -0.835. The molecule has 0 aromatic carbocycles. The van der Waals surface area contributed by atoms with Crippen LogP contribution < -0.4 is 0 Å². The van der Waals surface area contributed by atoms with Gasteiger partial charge in [-0.05, 0) is 44.9 Å². The maximum Gasteiger partial charge on any atom is 0.320 e. The minimum atomic E-state index is -0.835. The minimum Gasteiger partial charge on any atom is -0.481 e. The molecular formula is C15H26N2O4. The summed E-state index contributed by atoms with van der Waals surface area (Å²) in [4.78, 5) is 27.4. The second-order valence-electron chi connectivity index (χ2n) is 6.08. The first-order chi connectivity index (χ1) is 10.1. The van der Waals surface area contributed by atoms with E-state index in [1.807, 2.05) is 4.90 Å². The number of carbonyl (C=O) groups is 2. The third-order valence-corrected chi connectivity index (χ3v) is 4.60. The highest BCUT2D eigenvalue weighted by Crippen LogP contribution is 2.27. The molecule has 21 heavy (non-hydrogen) atoms. The van der Waals surface area contributed by atoms with Crippen LogP contribution in [0.2, 0.25) is 0 Å². The molecule has 0 aromatic rings. The molecule has 2 saturated heterocycles. The molecule has 2 aliphatic heterocycles. The highest BCUT2D eigenvalue weighted by molar-refractivity contribution is 5.77. The van der Waals surface area contributed by atoms with Gasteiger partial charge in [-0.3, -0.25) is 4.79 Å². The number of carboxylic acid groups (broad SMARTS) is 1. The maximum absolute atomic E-state index is 12.8. The van der Waals surface area contributed by atoms with E-state index in [9.17, 15) is 9.59 Å². The number of hydrogen-bond acceptors (Lipinski definition) is 3. The van der Waals surface area contributed by atoms with E-state index in [4.69, 9.17) is 10.2 Å². The predicted molar refractivity (Wildman–Crippen MR) is 78.0 cm³/mol. The van der Waals surface area contributed by atoms with Gasteiger partial charge >= 0.3 is 12.0 Å². The van der Waals surface area contributed by atoms with Crippen LogP contribution in [0, 0.1) is 0 Å². The zero-order chi connectivity index (χ0) is 15.2. The Morgan fingerprint density at radius 3 is 2.38 bits per heavy atom. The monoisotopic (exact) mass is 298 g/mol. The predicted octanol–water partition coefficient (Wildman–Crippen LogP) is 1.67. The summed E-state index contributed by atoms with van der Waals surface area (Å²) in [5.41, 5.74) is 0. The molecule has 2 amide bonds. The van der Waals surface area contributed by atoms with Crippen LogP contribution in [0.1, 0.15) is 51.4 Å². The van der Waals surface area contributed by atoms with E-state index in [0.717, 1.165) is 45.1 Å². The van der Waals surface area contributed by atoms with Gasteiger partial charge < -0.3 is 20.0 Å². The molecule has 6 heteroatoms. The van der Waals surface area contributed by atoms with Crippen LogP contribution in [0.15, 0.2) is 0 Å². The van der Waals surface area contributed by atoms with E-state index in [0.29, 0.717) is 13.0 Å². The average molecular weight is 298 g/mol. The Morgan fingerprint density at radius 2 is 1.67 bits per heavy atom. The first-order valence-corrected chi connectivity index (χ1v) is 8.03. The molecule has 0 aromatic heterocycles. The fraction of sp³-hybridized carbons (Fsp3) is 0.867. The second kappa shape index (κ2) is 7.64. The molecule has 0 aliphatic carbocycles. The van der Waals surface area contributed by atoms with Crippen LogP contribution in [0.5, 0.6) is 0 Å². The molecule has 2 aliphatic rings. The number of piperidine rings is 1. The quantitative estimate of drug-likeness (QED) is 0.809. The number of aliphatic hydroxyl groups is 1. The molecule has 6 nitrogen and oxygen atoms in total. The summed E-state index contributed by atoms with van der Waals surface area (Å²) in [5, 5.41) is 18.0. The maximum atomic E-state index is 12.8. The van der Waals surface area contributed by atoms with Crippen molar-refractivity contribution in [2.45, 2.75) is 63.5 Å². The van der Waals surface area contributed by atoms with Crippen molar-refractivity contribution in [2.75, 3.05) is 19.7 Å². The van der Waals surface area contributed by atoms with Crippen molar-refractivity contribution >= 4 is 12.0 Å². The fourth-order valence-corrected chi connectivity index (χ4v) is 3.55. The van der Waals surface area contributed by atoms with Crippen molar-refractivity contribution in [2.24, 2.45) is 0 Å². The lowest BCUT2D eigenvalue weighted by Crippen LogP contribution is -2.52. The van der Waals surface area contributed by atoms with Crippen LogP contribution in [-0.2, 0) is 4.79 Å². The molecule has 0 bridgehead atoms. The summed E-state index contributed by atoms with van der Waals surface area (Å²) in [7, 11) is 0. The summed E-state index contributed by atoms with van der Waals surface area (Å²) in [6.07, 6.45) is 6.32. The highest BCUT2D eigenvalue weighted by Gasteiger charge is 2.35. The third kappa shape index (κ3) is 4.09. The molecular weight excluding hydrogens is 272 g/mol. The summed E-state index contributed by atoms with van der Waals surface area (Å²) in [6, 6.07) is 0.0429. The van der Waals surface area contributed by atoms with Crippen molar-refractivity contribution < 1.29 is 19.8 Å². The van der Waals surface area contributed by atoms with Crippen LogP contribution >= 0.6 is 0 Å². The lowest BCUT2D eigenvalue weighted by atomic mass is 9.99. The van der Waals surface area contributed by atoms with Gasteiger partial charge in [0.15, 0.2) is 0 Å². The molecule has 2 fully saturated rings. The molecule has 0 radical (unpaired) electrons. The summed E-state index contributed by atoms with van der Waals surface area (Å²) < 4.78 is 0. The van der Waals surface area contributed by atoms with Gasteiger partial charge in [0.2, 0.25) is 0 Å². The Kier molecular flexibility index (Phi) is 5.85. The number of amides is 2. The van der Waals surface area contributed by atoms with Crippen molar-refractivity contribution in [1.82, 2.24) is 9.80 Å². The molecule has 120 valence electrons. The molecule has 2 heterocycles. The van der Waals surface area contributed by atoms with Crippen molar-refractivity contribution in [1.29, 1.82) is 0 Å². The summed E-state index contributed by atoms with van der Waals surface area (Å²) in [6.45, 7) is 1.58. The Bertz CT molecular complexity index is 375. The van der Waals surface area contributed by atoms with Crippen LogP contribution in [-0.4, -0.2) is 63.8 Å². The third-order valence-electron chi connectivity index (χ3n) is 4.60. The number of aliphatic carboxylic acids is 1. The number of likely N-dealkylation sites (tertiary alicyclic amines) is 2. The van der Waals surface area contributed by atoms with Crippen LogP contribution in [0.3, 0.4) is 0 Å². The van der Waals surface area contributed by atoms with Crippen molar-refractivity contribution in [3.63, 3.8) is 0 Å². The second-order valence-corrected chi connectivity index (χ2v) is 6.08. The Morgan fingerprint density at radius 1 is 1.00 bits per heavy atom. The molecule has 0 spiro atoms.